The Balaban J connectivity index is 2.80. The van der Waals surface area contributed by atoms with Crippen LogP contribution in [0.4, 0.5) is 4.39 Å². The highest BCUT2D eigenvalue weighted by molar-refractivity contribution is 5.73. The van der Waals surface area contributed by atoms with Gasteiger partial charge in [-0.15, -0.1) is 0 Å². The maximum absolute atomic E-state index is 12.7. The Morgan fingerprint density at radius 1 is 1.25 bits per heavy atom. The van der Waals surface area contributed by atoms with E-state index in [1.54, 1.807) is 12.3 Å². The van der Waals surface area contributed by atoms with Gasteiger partial charge in [0.1, 0.15) is 5.82 Å². The third-order valence-electron chi connectivity index (χ3n) is 1.62. The van der Waals surface area contributed by atoms with Crippen molar-refractivity contribution < 1.29 is 4.39 Å². The third kappa shape index (κ3) is 1.13. The monoisotopic (exact) mass is 162 g/mol. The molecule has 0 fully saturated rings. The largest absolute Gasteiger partial charge is 0.253 e. The van der Waals surface area contributed by atoms with E-state index in [4.69, 9.17) is 0 Å². The highest BCUT2D eigenvalue weighted by atomic mass is 19.1. The van der Waals surface area contributed by atoms with Crippen molar-refractivity contribution >= 4 is 11.0 Å². The van der Waals surface area contributed by atoms with Crippen LogP contribution in [0.2, 0.25) is 0 Å². The predicted molar refractivity (Wildman–Crippen MR) is 44.2 cm³/mol. The van der Waals surface area contributed by atoms with Gasteiger partial charge in [-0.3, -0.25) is 4.98 Å². The molecular weight excluding hydrogens is 155 g/mol. The fourth-order valence-corrected chi connectivity index (χ4v) is 1.08. The van der Waals surface area contributed by atoms with Crippen molar-refractivity contribution in [3.8, 4) is 0 Å². The van der Waals surface area contributed by atoms with Crippen LogP contribution in [-0.2, 0) is 0 Å². The summed E-state index contributed by atoms with van der Waals surface area (Å²) < 4.78 is 12.7. The van der Waals surface area contributed by atoms with Crippen molar-refractivity contribution in [1.29, 1.82) is 0 Å². The molecule has 12 heavy (non-hydrogen) atoms. The van der Waals surface area contributed by atoms with Crippen LogP contribution in [0, 0.1) is 12.7 Å². The van der Waals surface area contributed by atoms with Crippen LogP contribution in [0.3, 0.4) is 0 Å². The molecule has 0 N–H and O–H groups in total. The van der Waals surface area contributed by atoms with Crippen LogP contribution in [0.15, 0.2) is 24.4 Å². The van der Waals surface area contributed by atoms with Gasteiger partial charge in [0.05, 0.1) is 16.7 Å². The molecule has 0 atom stereocenters. The Morgan fingerprint density at radius 3 is 2.92 bits per heavy atom. The fourth-order valence-electron chi connectivity index (χ4n) is 1.08. The molecule has 0 amide bonds. The van der Waals surface area contributed by atoms with Gasteiger partial charge in [0.2, 0.25) is 0 Å². The highest BCUT2D eigenvalue weighted by Gasteiger charge is 1.97. The lowest BCUT2D eigenvalue weighted by Gasteiger charge is -1.96. The Hall–Kier alpha value is -1.51. The summed E-state index contributed by atoms with van der Waals surface area (Å²) in [5.41, 5.74) is 2.13. The van der Waals surface area contributed by atoms with Gasteiger partial charge in [-0.05, 0) is 19.1 Å². The van der Waals surface area contributed by atoms with E-state index in [0.717, 1.165) is 11.2 Å². The summed E-state index contributed by atoms with van der Waals surface area (Å²) in [6.07, 6.45) is 1.67. The summed E-state index contributed by atoms with van der Waals surface area (Å²) in [6.45, 7) is 1.83. The summed E-state index contributed by atoms with van der Waals surface area (Å²) in [5, 5.41) is 0. The van der Waals surface area contributed by atoms with Gasteiger partial charge in [-0.1, -0.05) is 0 Å². The Bertz CT molecular complexity index is 389. The first-order valence-corrected chi connectivity index (χ1v) is 3.64. The fraction of sp³-hybridized carbons (Fsp3) is 0.111. The summed E-state index contributed by atoms with van der Waals surface area (Å²) in [7, 11) is 0. The first-order valence-electron chi connectivity index (χ1n) is 3.64. The van der Waals surface area contributed by atoms with Crippen molar-refractivity contribution in [2.45, 2.75) is 6.92 Å². The molecule has 3 heteroatoms. The van der Waals surface area contributed by atoms with E-state index in [0.29, 0.717) is 5.52 Å². The molecule has 0 unspecified atom stereocenters. The van der Waals surface area contributed by atoms with Gasteiger partial charge in [0, 0.05) is 12.3 Å². The SMILES string of the molecule is Cc1cnc2ccc(F)cc2n1. The van der Waals surface area contributed by atoms with E-state index in [-0.39, 0.29) is 5.82 Å². The van der Waals surface area contributed by atoms with Gasteiger partial charge in [-0.2, -0.15) is 0 Å². The molecule has 0 saturated heterocycles. The van der Waals surface area contributed by atoms with Crippen LogP contribution in [0.5, 0.6) is 0 Å². The lowest BCUT2D eigenvalue weighted by atomic mass is 10.3. The molecule has 2 aromatic rings. The first kappa shape index (κ1) is 7.16. The molecule has 0 radical (unpaired) electrons. The van der Waals surface area contributed by atoms with Gasteiger partial charge in [0.25, 0.3) is 0 Å². The zero-order valence-electron chi connectivity index (χ0n) is 6.58. The van der Waals surface area contributed by atoms with Crippen LogP contribution >= 0.6 is 0 Å². The molecule has 1 aromatic carbocycles. The smallest absolute Gasteiger partial charge is 0.125 e. The van der Waals surface area contributed by atoms with Crippen molar-refractivity contribution in [2.75, 3.05) is 0 Å². The van der Waals surface area contributed by atoms with Crippen LogP contribution in [0.25, 0.3) is 11.0 Å². The maximum Gasteiger partial charge on any atom is 0.125 e. The predicted octanol–water partition coefficient (Wildman–Crippen LogP) is 2.08. The Kier molecular flexibility index (Phi) is 1.50. The second-order valence-corrected chi connectivity index (χ2v) is 2.64. The third-order valence-corrected chi connectivity index (χ3v) is 1.62. The molecule has 0 spiro atoms. The number of rotatable bonds is 0. The van der Waals surface area contributed by atoms with E-state index in [1.165, 1.54) is 12.1 Å². The van der Waals surface area contributed by atoms with Crippen molar-refractivity contribution in [1.82, 2.24) is 9.97 Å². The van der Waals surface area contributed by atoms with E-state index < -0.39 is 0 Å². The van der Waals surface area contributed by atoms with Crippen LogP contribution in [-0.4, -0.2) is 9.97 Å². The average molecular weight is 162 g/mol. The second kappa shape index (κ2) is 2.52. The molecule has 0 aliphatic carbocycles. The number of hydrogen-bond donors (Lipinski definition) is 0. The van der Waals surface area contributed by atoms with Crippen molar-refractivity contribution in [3.05, 3.63) is 35.9 Å². The number of benzene rings is 1. The number of halogens is 1. The van der Waals surface area contributed by atoms with Gasteiger partial charge < -0.3 is 0 Å². The lowest BCUT2D eigenvalue weighted by molar-refractivity contribution is 0.629. The molecule has 2 nitrogen and oxygen atoms in total. The lowest BCUT2D eigenvalue weighted by Crippen LogP contribution is -1.87. The summed E-state index contributed by atoms with van der Waals surface area (Å²) >= 11 is 0. The molecule has 0 saturated carbocycles. The zero-order valence-corrected chi connectivity index (χ0v) is 6.58. The Labute approximate surface area is 69.1 Å². The number of fused-ring (bicyclic) bond motifs is 1. The normalized spacial score (nSPS) is 10.5. The number of aryl methyl sites for hydroxylation is 1. The van der Waals surface area contributed by atoms with Crippen LogP contribution in [0.1, 0.15) is 5.69 Å². The maximum atomic E-state index is 12.7. The molecule has 60 valence electrons. The minimum Gasteiger partial charge on any atom is -0.253 e. The Morgan fingerprint density at radius 2 is 2.08 bits per heavy atom. The molecular formula is C9H7FN2. The zero-order chi connectivity index (χ0) is 8.55. The van der Waals surface area contributed by atoms with E-state index in [2.05, 4.69) is 9.97 Å². The van der Waals surface area contributed by atoms with E-state index in [9.17, 15) is 4.39 Å². The molecule has 1 aromatic heterocycles. The molecule has 0 bridgehead atoms. The molecule has 1 heterocycles. The molecule has 0 aliphatic heterocycles. The number of hydrogen-bond acceptors (Lipinski definition) is 2. The number of nitrogens with zero attached hydrogens (tertiary/aromatic N) is 2. The summed E-state index contributed by atoms with van der Waals surface area (Å²) in [5.74, 6) is -0.276. The molecule has 0 aliphatic rings. The topological polar surface area (TPSA) is 25.8 Å². The van der Waals surface area contributed by atoms with Crippen molar-refractivity contribution in [2.24, 2.45) is 0 Å². The van der Waals surface area contributed by atoms with Crippen LogP contribution < -0.4 is 0 Å². The quantitative estimate of drug-likeness (QED) is 0.592. The summed E-state index contributed by atoms with van der Waals surface area (Å²) in [4.78, 5) is 8.23. The van der Waals surface area contributed by atoms with Crippen molar-refractivity contribution in [3.63, 3.8) is 0 Å². The minimum absolute atomic E-state index is 0.276. The highest BCUT2D eigenvalue weighted by Crippen LogP contribution is 2.10. The number of aromatic nitrogens is 2. The molecule has 2 rings (SSSR count). The van der Waals surface area contributed by atoms with Gasteiger partial charge in [0.15, 0.2) is 0 Å². The van der Waals surface area contributed by atoms with E-state index in [1.807, 2.05) is 6.92 Å². The average Bonchev–Trinajstić information content (AvgIpc) is 2.03. The van der Waals surface area contributed by atoms with Gasteiger partial charge in [-0.25, -0.2) is 9.37 Å². The van der Waals surface area contributed by atoms with Gasteiger partial charge >= 0.3 is 0 Å². The minimum atomic E-state index is -0.276. The first-order chi connectivity index (χ1) is 5.75. The van der Waals surface area contributed by atoms with E-state index >= 15 is 0 Å². The second-order valence-electron chi connectivity index (χ2n) is 2.64. The standard InChI is InChI=1S/C9H7FN2/c1-6-5-11-8-3-2-7(10)4-9(8)12-6/h2-5H,1H3. The summed E-state index contributed by atoms with van der Waals surface area (Å²) in [6, 6.07) is 4.39.